The van der Waals surface area contributed by atoms with E-state index in [1.807, 2.05) is 0 Å². The second-order valence-corrected chi connectivity index (χ2v) is 4.39. The maximum atomic E-state index is 10.8. The van der Waals surface area contributed by atoms with E-state index in [0.29, 0.717) is 24.0 Å². The summed E-state index contributed by atoms with van der Waals surface area (Å²) in [4.78, 5) is 10.8. The van der Waals surface area contributed by atoms with Crippen LogP contribution in [0.3, 0.4) is 0 Å². The van der Waals surface area contributed by atoms with Crippen LogP contribution in [0.5, 0.6) is 0 Å². The van der Waals surface area contributed by atoms with E-state index >= 15 is 0 Å². The highest BCUT2D eigenvalue weighted by atomic mass is 16.1. The molecule has 0 aromatic rings. The number of rotatable bonds is 5. The van der Waals surface area contributed by atoms with Gasteiger partial charge >= 0.3 is 0 Å². The molecule has 0 aliphatic heterocycles. The summed E-state index contributed by atoms with van der Waals surface area (Å²) in [6.45, 7) is 10.3. The zero-order valence-electron chi connectivity index (χ0n) is 9.55. The molecule has 1 nitrogen and oxygen atoms in total. The second kappa shape index (κ2) is 5.95. The zero-order chi connectivity index (χ0) is 10.4. The molecule has 76 valence electrons. The fourth-order valence-corrected chi connectivity index (χ4v) is 1.41. The number of carbonyl (C=O) groups excluding carboxylic acids is 1. The summed E-state index contributed by atoms with van der Waals surface area (Å²) in [6.07, 6.45) is 4.00. The van der Waals surface area contributed by atoms with Gasteiger partial charge in [-0.2, -0.15) is 0 Å². The van der Waals surface area contributed by atoms with Gasteiger partial charge in [-0.15, -0.1) is 0 Å². The third-order valence-corrected chi connectivity index (χ3v) is 2.23. The molecule has 0 unspecified atom stereocenters. The third-order valence-electron chi connectivity index (χ3n) is 2.23. The van der Waals surface area contributed by atoms with Gasteiger partial charge in [0, 0.05) is 6.42 Å². The van der Waals surface area contributed by atoms with Crippen LogP contribution in [0.2, 0.25) is 0 Å². The molecule has 0 fully saturated rings. The van der Waals surface area contributed by atoms with Crippen LogP contribution < -0.4 is 0 Å². The Morgan fingerprint density at radius 2 is 1.77 bits per heavy atom. The quantitative estimate of drug-likeness (QED) is 0.594. The fraction of sp³-hybridized carbons (Fsp3) is 0.750. The lowest BCUT2D eigenvalue weighted by Crippen LogP contribution is -2.08. The smallest absolute Gasteiger partial charge is 0.129 e. The molecular formula is C12H22O. The van der Waals surface area contributed by atoms with E-state index in [4.69, 9.17) is 0 Å². The van der Waals surface area contributed by atoms with Crippen LogP contribution in [-0.4, -0.2) is 5.78 Å². The molecule has 0 aromatic carbocycles. The monoisotopic (exact) mass is 182 g/mol. The number of carbonyl (C=O) groups is 1. The van der Waals surface area contributed by atoms with Crippen LogP contribution in [0.4, 0.5) is 0 Å². The summed E-state index contributed by atoms with van der Waals surface area (Å²) in [5, 5.41) is 0. The SMILES string of the molecule is CC(=O)CC[C@@H](C=C(C)C)C(C)C. The van der Waals surface area contributed by atoms with Gasteiger partial charge in [-0.05, 0) is 39.0 Å². The molecule has 13 heavy (non-hydrogen) atoms. The van der Waals surface area contributed by atoms with Crippen LogP contribution in [-0.2, 0) is 4.79 Å². The zero-order valence-corrected chi connectivity index (χ0v) is 9.55. The fourth-order valence-electron chi connectivity index (χ4n) is 1.41. The molecule has 0 bridgehead atoms. The van der Waals surface area contributed by atoms with Crippen molar-refractivity contribution >= 4 is 5.78 Å². The minimum Gasteiger partial charge on any atom is -0.300 e. The molecule has 0 spiro atoms. The average Bonchev–Trinajstić information content (AvgIpc) is 1.96. The summed E-state index contributed by atoms with van der Waals surface area (Å²) < 4.78 is 0. The number of hydrogen-bond donors (Lipinski definition) is 0. The van der Waals surface area contributed by atoms with E-state index in [0.717, 1.165) is 6.42 Å². The van der Waals surface area contributed by atoms with E-state index in [-0.39, 0.29) is 0 Å². The Morgan fingerprint density at radius 3 is 2.08 bits per heavy atom. The van der Waals surface area contributed by atoms with Crippen molar-refractivity contribution in [1.29, 1.82) is 0 Å². The van der Waals surface area contributed by atoms with Crippen molar-refractivity contribution < 1.29 is 4.79 Å². The Balaban J connectivity index is 4.11. The predicted octanol–water partition coefficient (Wildman–Crippen LogP) is 3.59. The van der Waals surface area contributed by atoms with Crippen molar-refractivity contribution in [3.05, 3.63) is 11.6 Å². The molecule has 0 aliphatic rings. The Bertz CT molecular complexity index is 185. The Hall–Kier alpha value is -0.590. The standard InChI is InChI=1S/C12H22O/c1-9(2)8-12(10(3)4)7-6-11(5)13/h8,10,12H,6-7H2,1-5H3/t12-/m0/s1. The minimum absolute atomic E-state index is 0.299. The lowest BCUT2D eigenvalue weighted by molar-refractivity contribution is -0.117. The van der Waals surface area contributed by atoms with Crippen LogP contribution in [0.15, 0.2) is 11.6 Å². The molecule has 1 atom stereocenters. The highest BCUT2D eigenvalue weighted by Gasteiger charge is 2.10. The Kier molecular flexibility index (Phi) is 5.68. The van der Waals surface area contributed by atoms with Gasteiger partial charge in [0.1, 0.15) is 5.78 Å². The predicted molar refractivity (Wildman–Crippen MR) is 57.7 cm³/mol. The summed E-state index contributed by atoms with van der Waals surface area (Å²) >= 11 is 0. The van der Waals surface area contributed by atoms with Gasteiger partial charge in [0.05, 0.1) is 0 Å². The summed E-state index contributed by atoms with van der Waals surface area (Å²) in [5.41, 5.74) is 1.35. The number of allylic oxidation sites excluding steroid dienone is 2. The lowest BCUT2D eigenvalue weighted by atomic mass is 9.89. The van der Waals surface area contributed by atoms with Gasteiger partial charge in [0.25, 0.3) is 0 Å². The van der Waals surface area contributed by atoms with Crippen molar-refractivity contribution in [2.45, 2.75) is 47.5 Å². The summed E-state index contributed by atoms with van der Waals surface area (Å²) in [5.74, 6) is 1.50. The first-order valence-electron chi connectivity index (χ1n) is 5.08. The van der Waals surface area contributed by atoms with Gasteiger partial charge in [-0.1, -0.05) is 25.5 Å². The molecule has 0 radical (unpaired) electrons. The Morgan fingerprint density at radius 1 is 1.23 bits per heavy atom. The van der Waals surface area contributed by atoms with Gasteiger partial charge < -0.3 is 4.79 Å². The highest BCUT2D eigenvalue weighted by Crippen LogP contribution is 2.20. The molecule has 0 aromatic heterocycles. The van der Waals surface area contributed by atoms with Gasteiger partial charge in [-0.3, -0.25) is 0 Å². The second-order valence-electron chi connectivity index (χ2n) is 4.39. The normalized spacial score (nSPS) is 12.8. The molecule has 0 saturated carbocycles. The molecule has 0 aliphatic carbocycles. The first-order valence-corrected chi connectivity index (χ1v) is 5.08. The third kappa shape index (κ3) is 6.56. The maximum absolute atomic E-state index is 10.8. The van der Waals surface area contributed by atoms with Crippen LogP contribution in [0.1, 0.15) is 47.5 Å². The summed E-state index contributed by atoms with van der Waals surface area (Å²) in [6, 6.07) is 0. The van der Waals surface area contributed by atoms with Crippen molar-refractivity contribution in [2.24, 2.45) is 11.8 Å². The van der Waals surface area contributed by atoms with E-state index in [1.165, 1.54) is 5.57 Å². The highest BCUT2D eigenvalue weighted by molar-refractivity contribution is 5.75. The van der Waals surface area contributed by atoms with Crippen LogP contribution in [0.25, 0.3) is 0 Å². The molecule has 0 saturated heterocycles. The van der Waals surface area contributed by atoms with Crippen molar-refractivity contribution in [3.8, 4) is 0 Å². The molecule has 0 rings (SSSR count). The van der Waals surface area contributed by atoms with Crippen molar-refractivity contribution in [2.75, 3.05) is 0 Å². The lowest BCUT2D eigenvalue weighted by Gasteiger charge is -2.16. The van der Waals surface area contributed by atoms with Crippen LogP contribution in [0, 0.1) is 11.8 Å². The van der Waals surface area contributed by atoms with Crippen molar-refractivity contribution in [1.82, 2.24) is 0 Å². The number of hydrogen-bond acceptors (Lipinski definition) is 1. The van der Waals surface area contributed by atoms with E-state index in [2.05, 4.69) is 33.8 Å². The van der Waals surface area contributed by atoms with Crippen molar-refractivity contribution in [3.63, 3.8) is 0 Å². The van der Waals surface area contributed by atoms with Gasteiger partial charge in [0.15, 0.2) is 0 Å². The average molecular weight is 182 g/mol. The van der Waals surface area contributed by atoms with Crippen LogP contribution >= 0.6 is 0 Å². The van der Waals surface area contributed by atoms with E-state index < -0.39 is 0 Å². The first kappa shape index (κ1) is 12.4. The summed E-state index contributed by atoms with van der Waals surface area (Å²) in [7, 11) is 0. The largest absolute Gasteiger partial charge is 0.300 e. The molecule has 0 heterocycles. The maximum Gasteiger partial charge on any atom is 0.129 e. The van der Waals surface area contributed by atoms with Gasteiger partial charge in [0.2, 0.25) is 0 Å². The molecule has 1 heteroatoms. The first-order chi connectivity index (χ1) is 5.93. The minimum atomic E-state index is 0.299. The molecule has 0 N–H and O–H groups in total. The molecular weight excluding hydrogens is 160 g/mol. The molecule has 0 amide bonds. The van der Waals surface area contributed by atoms with E-state index in [9.17, 15) is 4.79 Å². The number of ketones is 1. The van der Waals surface area contributed by atoms with Gasteiger partial charge in [-0.25, -0.2) is 0 Å². The van der Waals surface area contributed by atoms with E-state index in [1.54, 1.807) is 6.92 Å². The Labute approximate surface area is 82.2 Å². The topological polar surface area (TPSA) is 17.1 Å². The number of Topliss-reactive ketones (excluding diaryl/α,β-unsaturated/α-hetero) is 1.